The maximum absolute atomic E-state index is 12.0. The van der Waals surface area contributed by atoms with Crippen molar-refractivity contribution >= 4 is 27.2 Å². The molecular weight excluding hydrogens is 274 g/mol. The van der Waals surface area contributed by atoms with Crippen LogP contribution in [0.5, 0.6) is 5.75 Å². The van der Waals surface area contributed by atoms with Crippen molar-refractivity contribution in [3.8, 4) is 5.75 Å². The molecule has 0 amide bonds. The molecule has 0 saturated heterocycles. The van der Waals surface area contributed by atoms with Crippen LogP contribution in [0.25, 0.3) is 0 Å². The van der Waals surface area contributed by atoms with Crippen LogP contribution in [0.3, 0.4) is 0 Å². The van der Waals surface area contributed by atoms with Crippen LogP contribution in [0.15, 0.2) is 22.5 Å². The first-order valence-corrected chi connectivity index (χ1v) is 7.30. The van der Waals surface area contributed by atoms with Crippen LogP contribution < -0.4 is 4.72 Å². The van der Waals surface area contributed by atoms with E-state index in [0.29, 0.717) is 10.7 Å². The van der Waals surface area contributed by atoms with Crippen molar-refractivity contribution < 1.29 is 13.5 Å². The van der Waals surface area contributed by atoms with Gasteiger partial charge in [-0.2, -0.15) is 0 Å². The van der Waals surface area contributed by atoms with Gasteiger partial charge in [0, 0.05) is 5.69 Å². The summed E-state index contributed by atoms with van der Waals surface area (Å²) in [5.74, 6) is -0.300. The number of nitrogens with one attached hydrogen (secondary N) is 1. The van der Waals surface area contributed by atoms with Crippen molar-refractivity contribution in [2.45, 2.75) is 18.1 Å². The number of sulfonamides is 1. The van der Waals surface area contributed by atoms with Crippen LogP contribution in [0, 0.1) is 13.8 Å². The van der Waals surface area contributed by atoms with Crippen LogP contribution >= 0.6 is 11.3 Å². The van der Waals surface area contributed by atoms with Crippen LogP contribution in [0.4, 0.5) is 5.82 Å². The number of pyridine rings is 1. The Labute approximate surface area is 108 Å². The molecule has 96 valence electrons. The SMILES string of the molecule is Cc1ccc(O)c(NS(=O)(=O)c2cnc(C)s2)n1. The minimum absolute atomic E-state index is 0.0824. The van der Waals surface area contributed by atoms with Gasteiger partial charge in [0.15, 0.2) is 15.8 Å². The highest BCUT2D eigenvalue weighted by atomic mass is 32.2. The topological polar surface area (TPSA) is 92.2 Å². The van der Waals surface area contributed by atoms with Crippen molar-refractivity contribution in [2.75, 3.05) is 4.72 Å². The maximum atomic E-state index is 12.0. The van der Waals surface area contributed by atoms with Crippen LogP contribution in [-0.4, -0.2) is 23.5 Å². The van der Waals surface area contributed by atoms with Crippen LogP contribution in [0.2, 0.25) is 0 Å². The summed E-state index contributed by atoms with van der Waals surface area (Å²) in [5, 5.41) is 10.2. The minimum atomic E-state index is -3.75. The Hall–Kier alpha value is -1.67. The lowest BCUT2D eigenvalue weighted by Crippen LogP contribution is -2.13. The molecule has 6 nitrogen and oxygen atoms in total. The first-order valence-electron chi connectivity index (χ1n) is 5.00. The summed E-state index contributed by atoms with van der Waals surface area (Å²) >= 11 is 1.05. The monoisotopic (exact) mass is 285 g/mol. The predicted molar refractivity (Wildman–Crippen MR) is 68.3 cm³/mol. The molecule has 2 rings (SSSR count). The first-order chi connectivity index (χ1) is 8.38. The van der Waals surface area contributed by atoms with Gasteiger partial charge >= 0.3 is 0 Å². The zero-order valence-corrected chi connectivity index (χ0v) is 11.3. The number of rotatable bonds is 3. The fraction of sp³-hybridized carbons (Fsp3) is 0.200. The number of aryl methyl sites for hydroxylation is 2. The van der Waals surface area contributed by atoms with Gasteiger partial charge in [0.05, 0.1) is 11.2 Å². The smallest absolute Gasteiger partial charge is 0.274 e. The maximum Gasteiger partial charge on any atom is 0.274 e. The van der Waals surface area contributed by atoms with Crippen molar-refractivity contribution in [3.05, 3.63) is 29.0 Å². The molecule has 0 aliphatic heterocycles. The second-order valence-electron chi connectivity index (χ2n) is 3.62. The van der Waals surface area contributed by atoms with Crippen LogP contribution in [-0.2, 0) is 10.0 Å². The lowest BCUT2D eigenvalue weighted by molar-refractivity contribution is 0.475. The summed E-state index contributed by atoms with van der Waals surface area (Å²) in [6, 6.07) is 2.97. The molecule has 0 fully saturated rings. The molecule has 2 N–H and O–H groups in total. The average molecular weight is 285 g/mol. The number of hydrogen-bond donors (Lipinski definition) is 2. The normalized spacial score (nSPS) is 11.4. The fourth-order valence-corrected chi connectivity index (χ4v) is 3.39. The van der Waals surface area contributed by atoms with E-state index in [9.17, 15) is 13.5 Å². The molecule has 0 aromatic carbocycles. The largest absolute Gasteiger partial charge is 0.504 e. The Kier molecular flexibility index (Phi) is 3.22. The third-order valence-corrected chi connectivity index (χ3v) is 4.82. The number of nitrogens with zero attached hydrogens (tertiary/aromatic N) is 2. The van der Waals surface area contributed by atoms with E-state index in [1.807, 2.05) is 0 Å². The van der Waals surface area contributed by atoms with E-state index in [1.54, 1.807) is 19.9 Å². The predicted octanol–water partition coefficient (Wildman–Crippen LogP) is 1.66. The molecule has 0 atom stereocenters. The van der Waals surface area contributed by atoms with Gasteiger partial charge in [0.1, 0.15) is 0 Å². The lowest BCUT2D eigenvalue weighted by atomic mass is 10.3. The Bertz CT molecular complexity index is 679. The molecule has 0 aliphatic rings. The van der Waals surface area contributed by atoms with Gasteiger partial charge in [-0.05, 0) is 26.0 Å². The van der Waals surface area contributed by atoms with Crippen molar-refractivity contribution in [1.82, 2.24) is 9.97 Å². The lowest BCUT2D eigenvalue weighted by Gasteiger charge is -2.07. The van der Waals surface area contributed by atoms with Gasteiger partial charge in [-0.3, -0.25) is 4.72 Å². The summed E-state index contributed by atoms with van der Waals surface area (Å²) in [6.45, 7) is 3.42. The molecule has 2 aromatic rings. The summed E-state index contributed by atoms with van der Waals surface area (Å²) in [4.78, 5) is 7.82. The molecule has 18 heavy (non-hydrogen) atoms. The van der Waals surface area contributed by atoms with E-state index in [-0.39, 0.29) is 15.8 Å². The molecule has 2 heterocycles. The number of thiazole rings is 1. The molecule has 0 unspecified atom stereocenters. The quantitative estimate of drug-likeness (QED) is 0.894. The average Bonchev–Trinajstić information content (AvgIpc) is 2.71. The van der Waals surface area contributed by atoms with Crippen molar-refractivity contribution in [3.63, 3.8) is 0 Å². The van der Waals surface area contributed by atoms with E-state index in [0.717, 1.165) is 11.3 Å². The van der Waals surface area contributed by atoms with Crippen molar-refractivity contribution in [2.24, 2.45) is 0 Å². The third-order valence-electron chi connectivity index (χ3n) is 2.11. The van der Waals surface area contributed by atoms with Gasteiger partial charge in [-0.1, -0.05) is 0 Å². The highest BCUT2D eigenvalue weighted by Gasteiger charge is 2.19. The zero-order valence-electron chi connectivity index (χ0n) is 9.71. The van der Waals surface area contributed by atoms with E-state index < -0.39 is 10.0 Å². The van der Waals surface area contributed by atoms with Gasteiger partial charge in [-0.15, -0.1) is 11.3 Å². The number of hydrogen-bond acceptors (Lipinski definition) is 6. The first kappa shape index (κ1) is 12.8. The fourth-order valence-electron chi connectivity index (χ4n) is 1.27. The van der Waals surface area contributed by atoms with Gasteiger partial charge in [-0.25, -0.2) is 18.4 Å². The van der Waals surface area contributed by atoms with Gasteiger partial charge in [0.25, 0.3) is 10.0 Å². The molecule has 0 radical (unpaired) electrons. The standard InChI is InChI=1S/C10H11N3O3S2/c1-6-3-4-8(14)10(12-6)13-18(15,16)9-5-11-7(2)17-9/h3-5,14H,1-2H3,(H,12,13). The van der Waals surface area contributed by atoms with E-state index in [2.05, 4.69) is 14.7 Å². The van der Waals surface area contributed by atoms with E-state index in [1.165, 1.54) is 12.3 Å². The summed E-state index contributed by atoms with van der Waals surface area (Å²) < 4.78 is 26.3. The summed E-state index contributed by atoms with van der Waals surface area (Å²) in [5.41, 5.74) is 0.603. The minimum Gasteiger partial charge on any atom is -0.504 e. The van der Waals surface area contributed by atoms with Gasteiger partial charge < -0.3 is 5.11 Å². The van der Waals surface area contributed by atoms with Gasteiger partial charge in [0.2, 0.25) is 0 Å². The second kappa shape index (κ2) is 4.54. The molecular formula is C10H11N3O3S2. The Morgan fingerprint density at radius 1 is 1.33 bits per heavy atom. The Morgan fingerprint density at radius 2 is 2.06 bits per heavy atom. The summed E-state index contributed by atoms with van der Waals surface area (Å²) in [7, 11) is -3.75. The molecule has 8 heteroatoms. The highest BCUT2D eigenvalue weighted by molar-refractivity contribution is 7.94. The van der Waals surface area contributed by atoms with E-state index >= 15 is 0 Å². The molecule has 2 aromatic heterocycles. The molecule has 0 aliphatic carbocycles. The van der Waals surface area contributed by atoms with Crippen LogP contribution in [0.1, 0.15) is 10.7 Å². The van der Waals surface area contributed by atoms with E-state index in [4.69, 9.17) is 0 Å². The summed E-state index contributed by atoms with van der Waals surface area (Å²) in [6.07, 6.45) is 1.27. The Morgan fingerprint density at radius 3 is 2.67 bits per heavy atom. The molecule has 0 spiro atoms. The van der Waals surface area contributed by atoms with Crippen molar-refractivity contribution in [1.29, 1.82) is 0 Å². The molecule has 0 saturated carbocycles. The Balaban J connectivity index is 2.36. The number of aromatic hydroxyl groups is 1. The second-order valence-corrected chi connectivity index (χ2v) is 6.77. The number of anilines is 1. The highest BCUT2D eigenvalue weighted by Crippen LogP contribution is 2.25. The molecule has 0 bridgehead atoms. The zero-order chi connectivity index (χ0) is 13.3. The number of aromatic nitrogens is 2. The third kappa shape index (κ3) is 2.59.